The quantitative estimate of drug-likeness (QED) is 0.842. The van der Waals surface area contributed by atoms with Gasteiger partial charge in [0.15, 0.2) is 0 Å². The maximum atomic E-state index is 4.87. The molecule has 1 saturated carbocycles. The van der Waals surface area contributed by atoms with Crippen molar-refractivity contribution in [3.63, 3.8) is 0 Å². The van der Waals surface area contributed by atoms with Gasteiger partial charge in [-0.15, -0.1) is 0 Å². The fraction of sp³-hybridized carbons (Fsp3) is 0.812. The number of aromatic amines is 1. The first-order chi connectivity index (χ1) is 8.72. The van der Waals surface area contributed by atoms with Crippen molar-refractivity contribution >= 4 is 0 Å². The highest BCUT2D eigenvalue weighted by molar-refractivity contribution is 5.19. The lowest BCUT2D eigenvalue weighted by Crippen LogP contribution is -2.20. The van der Waals surface area contributed by atoms with Crippen molar-refractivity contribution in [3.8, 4) is 0 Å². The fourth-order valence-corrected chi connectivity index (χ4v) is 3.63. The zero-order valence-electron chi connectivity index (χ0n) is 11.8. The van der Waals surface area contributed by atoms with Crippen molar-refractivity contribution in [2.45, 2.75) is 65.2 Å². The molecule has 1 fully saturated rings. The van der Waals surface area contributed by atoms with E-state index in [9.17, 15) is 0 Å². The molecule has 0 radical (unpaired) electrons. The average molecular weight is 246 g/mol. The van der Waals surface area contributed by atoms with Crippen LogP contribution in [0.1, 0.15) is 63.2 Å². The lowest BCUT2D eigenvalue weighted by Gasteiger charge is -2.24. The van der Waals surface area contributed by atoms with Crippen molar-refractivity contribution in [1.29, 1.82) is 0 Å². The molecule has 2 nitrogen and oxygen atoms in total. The number of nitrogens with one attached hydrogen (secondary N) is 1. The highest BCUT2D eigenvalue weighted by Gasteiger charge is 2.25. The van der Waals surface area contributed by atoms with Gasteiger partial charge in [0.05, 0.1) is 5.69 Å². The third-order valence-corrected chi connectivity index (χ3v) is 5.13. The van der Waals surface area contributed by atoms with E-state index in [0.717, 1.165) is 17.8 Å². The summed E-state index contributed by atoms with van der Waals surface area (Å²) in [4.78, 5) is 8.49. The van der Waals surface area contributed by atoms with Crippen LogP contribution in [0.25, 0.3) is 0 Å². The topological polar surface area (TPSA) is 28.7 Å². The Balaban J connectivity index is 1.69. The summed E-state index contributed by atoms with van der Waals surface area (Å²) in [5.74, 6) is 3.76. The zero-order chi connectivity index (χ0) is 12.5. The molecular weight excluding hydrogens is 220 g/mol. The van der Waals surface area contributed by atoms with Gasteiger partial charge in [0.25, 0.3) is 0 Å². The Morgan fingerprint density at radius 2 is 1.78 bits per heavy atom. The number of rotatable bonds is 2. The Morgan fingerprint density at radius 1 is 1.06 bits per heavy atom. The van der Waals surface area contributed by atoms with Crippen molar-refractivity contribution < 1.29 is 0 Å². The summed E-state index contributed by atoms with van der Waals surface area (Å²) in [5, 5.41) is 0. The molecule has 100 valence electrons. The van der Waals surface area contributed by atoms with Gasteiger partial charge in [0.2, 0.25) is 0 Å². The first kappa shape index (κ1) is 12.3. The van der Waals surface area contributed by atoms with Crippen LogP contribution in [-0.2, 0) is 19.3 Å². The molecule has 0 aliphatic heterocycles. The minimum atomic E-state index is 0.795. The number of nitrogens with zero attached hydrogens (tertiary/aromatic N) is 1. The van der Waals surface area contributed by atoms with E-state index in [4.69, 9.17) is 4.98 Å². The number of aromatic nitrogens is 2. The number of H-pyrrole nitrogens is 1. The zero-order valence-corrected chi connectivity index (χ0v) is 11.8. The molecule has 2 atom stereocenters. The molecule has 1 aromatic rings. The molecule has 3 rings (SSSR count). The predicted molar refractivity (Wildman–Crippen MR) is 74.6 cm³/mol. The molecule has 18 heavy (non-hydrogen) atoms. The van der Waals surface area contributed by atoms with Gasteiger partial charge in [-0.25, -0.2) is 4.98 Å². The van der Waals surface area contributed by atoms with E-state index in [1.807, 2.05) is 0 Å². The van der Waals surface area contributed by atoms with Gasteiger partial charge in [-0.3, -0.25) is 0 Å². The number of hydrogen-bond acceptors (Lipinski definition) is 1. The van der Waals surface area contributed by atoms with E-state index in [1.165, 1.54) is 68.6 Å². The van der Waals surface area contributed by atoms with Crippen LogP contribution in [0.5, 0.6) is 0 Å². The highest BCUT2D eigenvalue weighted by Crippen LogP contribution is 2.30. The predicted octanol–water partition coefficient (Wildman–Crippen LogP) is 3.90. The average Bonchev–Trinajstić information content (AvgIpc) is 2.72. The summed E-state index contributed by atoms with van der Waals surface area (Å²) in [7, 11) is 0. The van der Waals surface area contributed by atoms with Crippen molar-refractivity contribution in [3.05, 3.63) is 17.2 Å². The maximum absolute atomic E-state index is 4.87. The summed E-state index contributed by atoms with van der Waals surface area (Å²) >= 11 is 0. The third kappa shape index (κ3) is 2.48. The van der Waals surface area contributed by atoms with Crippen LogP contribution in [0.15, 0.2) is 0 Å². The molecule has 2 aliphatic rings. The van der Waals surface area contributed by atoms with E-state index >= 15 is 0 Å². The third-order valence-electron chi connectivity index (χ3n) is 5.13. The second kappa shape index (κ2) is 5.07. The maximum Gasteiger partial charge on any atom is 0.106 e. The van der Waals surface area contributed by atoms with Gasteiger partial charge < -0.3 is 4.98 Å². The molecule has 0 saturated heterocycles. The lowest BCUT2D eigenvalue weighted by atomic mass is 9.82. The monoisotopic (exact) mass is 246 g/mol. The molecule has 1 heterocycles. The molecule has 0 aromatic carbocycles. The van der Waals surface area contributed by atoms with Crippen LogP contribution in [0.4, 0.5) is 0 Å². The number of fused-ring (bicyclic) bond motifs is 1. The molecule has 2 unspecified atom stereocenters. The van der Waals surface area contributed by atoms with Crippen molar-refractivity contribution in [2.75, 3.05) is 0 Å². The summed E-state index contributed by atoms with van der Waals surface area (Å²) in [5.41, 5.74) is 2.80. The first-order valence-corrected chi connectivity index (χ1v) is 7.79. The van der Waals surface area contributed by atoms with Gasteiger partial charge in [-0.1, -0.05) is 46.0 Å². The summed E-state index contributed by atoms with van der Waals surface area (Å²) in [6.07, 6.45) is 10.7. The van der Waals surface area contributed by atoms with Crippen LogP contribution in [0, 0.1) is 17.8 Å². The van der Waals surface area contributed by atoms with E-state index in [2.05, 4.69) is 18.8 Å². The largest absolute Gasteiger partial charge is 0.346 e. The minimum absolute atomic E-state index is 0.795. The van der Waals surface area contributed by atoms with Gasteiger partial charge in [-0.05, 0) is 30.6 Å². The van der Waals surface area contributed by atoms with Gasteiger partial charge in [0.1, 0.15) is 5.82 Å². The van der Waals surface area contributed by atoms with Crippen molar-refractivity contribution in [2.24, 2.45) is 17.8 Å². The highest BCUT2D eigenvalue weighted by atomic mass is 14.9. The Labute approximate surface area is 111 Å². The number of hydrogen-bond donors (Lipinski definition) is 1. The Bertz CT molecular complexity index is 374. The van der Waals surface area contributed by atoms with Crippen LogP contribution in [0.2, 0.25) is 0 Å². The van der Waals surface area contributed by atoms with E-state index < -0.39 is 0 Å². The van der Waals surface area contributed by atoms with Gasteiger partial charge >= 0.3 is 0 Å². The van der Waals surface area contributed by atoms with Crippen LogP contribution in [-0.4, -0.2) is 9.97 Å². The second-order valence-corrected chi connectivity index (χ2v) is 6.68. The smallest absolute Gasteiger partial charge is 0.106 e. The van der Waals surface area contributed by atoms with E-state index in [0.29, 0.717) is 0 Å². The molecule has 1 aromatic heterocycles. The Kier molecular flexibility index (Phi) is 3.45. The number of imidazole rings is 1. The van der Waals surface area contributed by atoms with Gasteiger partial charge in [-0.2, -0.15) is 0 Å². The molecule has 2 heteroatoms. The van der Waals surface area contributed by atoms with Gasteiger partial charge in [0, 0.05) is 12.1 Å². The van der Waals surface area contributed by atoms with Crippen molar-refractivity contribution in [1.82, 2.24) is 9.97 Å². The molecule has 0 bridgehead atoms. The normalized spacial score (nSPS) is 29.2. The summed E-state index contributed by atoms with van der Waals surface area (Å²) in [6, 6.07) is 0. The van der Waals surface area contributed by atoms with Crippen LogP contribution < -0.4 is 0 Å². The fourth-order valence-electron chi connectivity index (χ4n) is 3.63. The lowest BCUT2D eigenvalue weighted by molar-refractivity contribution is 0.352. The Hall–Kier alpha value is -0.790. The van der Waals surface area contributed by atoms with E-state index in [-0.39, 0.29) is 0 Å². The SMILES string of the molecule is CC1Cc2nc(CC3CCCCC3)[nH]c2CC1C. The van der Waals surface area contributed by atoms with Crippen LogP contribution in [0.3, 0.4) is 0 Å². The Morgan fingerprint density at radius 3 is 2.56 bits per heavy atom. The second-order valence-electron chi connectivity index (χ2n) is 6.68. The molecule has 0 spiro atoms. The summed E-state index contributed by atoms with van der Waals surface area (Å²) < 4.78 is 0. The minimum Gasteiger partial charge on any atom is -0.346 e. The molecule has 0 amide bonds. The molecule has 2 aliphatic carbocycles. The molecule has 1 N–H and O–H groups in total. The van der Waals surface area contributed by atoms with E-state index in [1.54, 1.807) is 0 Å². The first-order valence-electron chi connectivity index (χ1n) is 7.79. The van der Waals surface area contributed by atoms with Crippen LogP contribution >= 0.6 is 0 Å². The summed E-state index contributed by atoms with van der Waals surface area (Å²) in [6.45, 7) is 4.73. The molecular formula is C16H26N2. The standard InChI is InChI=1S/C16H26N2/c1-11-8-14-15(9-12(11)2)18-16(17-14)10-13-6-4-3-5-7-13/h11-13H,3-10H2,1-2H3,(H,17,18).